The zero-order valence-electron chi connectivity index (χ0n) is 14.3. The quantitative estimate of drug-likeness (QED) is 0.324. The number of hydrogen-bond donors (Lipinski definition) is 2. The first-order valence-corrected chi connectivity index (χ1v) is 7.69. The molecule has 0 aliphatic heterocycles. The average Bonchev–Trinajstić information content (AvgIpc) is 2.47. The van der Waals surface area contributed by atoms with Gasteiger partial charge in [0.1, 0.15) is 0 Å². The lowest BCUT2D eigenvalue weighted by Gasteiger charge is -2.21. The van der Waals surface area contributed by atoms with Crippen molar-refractivity contribution >= 4 is 5.96 Å². The molecule has 0 aromatic rings. The number of unbranched alkanes of at least 4 members (excludes halogenated alkanes) is 1. The normalized spacial score (nSPS) is 12.5. The van der Waals surface area contributed by atoms with Crippen molar-refractivity contribution in [2.75, 3.05) is 53.7 Å². The fourth-order valence-electron chi connectivity index (χ4n) is 1.46. The van der Waals surface area contributed by atoms with E-state index in [4.69, 9.17) is 14.2 Å². The van der Waals surface area contributed by atoms with Gasteiger partial charge in [0.2, 0.25) is 0 Å². The Morgan fingerprint density at radius 3 is 2.43 bits per heavy atom. The van der Waals surface area contributed by atoms with E-state index in [1.807, 2.05) is 13.8 Å². The van der Waals surface area contributed by atoms with Crippen LogP contribution in [0.2, 0.25) is 0 Å². The van der Waals surface area contributed by atoms with Crippen molar-refractivity contribution < 1.29 is 14.2 Å². The van der Waals surface area contributed by atoms with E-state index < -0.39 is 0 Å². The molecular formula is C15H33N3O3. The van der Waals surface area contributed by atoms with Gasteiger partial charge >= 0.3 is 0 Å². The van der Waals surface area contributed by atoms with Crippen LogP contribution in [-0.4, -0.2) is 65.2 Å². The summed E-state index contributed by atoms with van der Waals surface area (Å²) in [5.41, 5.74) is -0.239. The number of ether oxygens (including phenoxy) is 3. The summed E-state index contributed by atoms with van der Waals surface area (Å²) in [6.07, 6.45) is 2.07. The maximum atomic E-state index is 5.42. The number of guanidine groups is 1. The second-order valence-electron chi connectivity index (χ2n) is 5.40. The molecule has 0 bridgehead atoms. The number of methoxy groups -OCH3 is 2. The molecule has 0 saturated heterocycles. The van der Waals surface area contributed by atoms with Crippen molar-refractivity contribution in [2.24, 2.45) is 4.99 Å². The first kappa shape index (κ1) is 20.1. The van der Waals surface area contributed by atoms with Gasteiger partial charge in [0.05, 0.1) is 25.4 Å². The van der Waals surface area contributed by atoms with Crippen molar-refractivity contribution in [3.05, 3.63) is 0 Å². The second-order valence-corrected chi connectivity index (χ2v) is 5.40. The van der Waals surface area contributed by atoms with Crippen LogP contribution >= 0.6 is 0 Å². The molecule has 0 aliphatic rings. The highest BCUT2D eigenvalue weighted by Gasteiger charge is 2.15. The van der Waals surface area contributed by atoms with Crippen LogP contribution < -0.4 is 10.6 Å². The number of hydrogen-bond acceptors (Lipinski definition) is 4. The lowest BCUT2D eigenvalue weighted by molar-refractivity contribution is 0.0310. The molecule has 0 aliphatic carbocycles. The van der Waals surface area contributed by atoms with E-state index in [0.717, 1.165) is 38.5 Å². The second kappa shape index (κ2) is 12.9. The van der Waals surface area contributed by atoms with Crippen LogP contribution in [-0.2, 0) is 14.2 Å². The molecule has 0 atom stereocenters. The van der Waals surface area contributed by atoms with Crippen LogP contribution in [0.3, 0.4) is 0 Å². The van der Waals surface area contributed by atoms with E-state index in [1.165, 1.54) is 0 Å². The van der Waals surface area contributed by atoms with E-state index in [9.17, 15) is 0 Å². The molecular weight excluding hydrogens is 270 g/mol. The number of aliphatic imine (C=N–C) groups is 1. The maximum Gasteiger partial charge on any atom is 0.191 e. The summed E-state index contributed by atoms with van der Waals surface area (Å²) >= 11 is 0. The lowest BCUT2D eigenvalue weighted by atomic mass is 10.1. The maximum absolute atomic E-state index is 5.42. The molecule has 6 heteroatoms. The van der Waals surface area contributed by atoms with Gasteiger partial charge in [0, 0.05) is 33.9 Å². The SMILES string of the molecule is CCNC(=NCC(C)(C)OC)NCCCCOCCOC. The summed E-state index contributed by atoms with van der Waals surface area (Å²) in [4.78, 5) is 4.54. The van der Waals surface area contributed by atoms with Gasteiger partial charge in [-0.2, -0.15) is 0 Å². The van der Waals surface area contributed by atoms with E-state index in [-0.39, 0.29) is 5.60 Å². The molecule has 126 valence electrons. The molecule has 0 unspecified atom stereocenters. The van der Waals surface area contributed by atoms with Crippen LogP contribution in [0.5, 0.6) is 0 Å². The monoisotopic (exact) mass is 303 g/mol. The Morgan fingerprint density at radius 2 is 1.81 bits per heavy atom. The predicted octanol–water partition coefficient (Wildman–Crippen LogP) is 1.41. The molecule has 21 heavy (non-hydrogen) atoms. The molecule has 0 rings (SSSR count). The third-order valence-electron chi connectivity index (χ3n) is 2.95. The molecule has 0 saturated carbocycles. The average molecular weight is 303 g/mol. The molecule has 0 fully saturated rings. The summed E-state index contributed by atoms with van der Waals surface area (Å²) in [6, 6.07) is 0. The van der Waals surface area contributed by atoms with Crippen LogP contribution in [0.4, 0.5) is 0 Å². The van der Waals surface area contributed by atoms with Gasteiger partial charge in [-0.05, 0) is 33.6 Å². The Bertz CT molecular complexity index is 271. The van der Waals surface area contributed by atoms with Crippen molar-refractivity contribution in [3.63, 3.8) is 0 Å². The first-order chi connectivity index (χ1) is 10.1. The minimum absolute atomic E-state index is 0.239. The minimum Gasteiger partial charge on any atom is -0.382 e. The third kappa shape index (κ3) is 12.6. The van der Waals surface area contributed by atoms with Gasteiger partial charge in [0.25, 0.3) is 0 Å². The standard InChI is InChI=1S/C15H33N3O3/c1-6-16-14(18-13-15(2,3)20-5)17-9-7-8-10-21-12-11-19-4/h6-13H2,1-5H3,(H2,16,17,18). The fourth-order valence-corrected chi connectivity index (χ4v) is 1.46. The minimum atomic E-state index is -0.239. The summed E-state index contributed by atoms with van der Waals surface area (Å²) in [6.45, 7) is 10.6. The predicted molar refractivity (Wildman–Crippen MR) is 87.0 cm³/mol. The van der Waals surface area contributed by atoms with Crippen molar-refractivity contribution in [3.8, 4) is 0 Å². The van der Waals surface area contributed by atoms with Gasteiger partial charge in [-0.1, -0.05) is 0 Å². The van der Waals surface area contributed by atoms with Crippen molar-refractivity contribution in [1.29, 1.82) is 0 Å². The van der Waals surface area contributed by atoms with Gasteiger partial charge < -0.3 is 24.8 Å². The Kier molecular flexibility index (Phi) is 12.3. The molecule has 0 spiro atoms. The van der Waals surface area contributed by atoms with E-state index in [2.05, 4.69) is 22.5 Å². The van der Waals surface area contributed by atoms with Gasteiger partial charge in [0.15, 0.2) is 5.96 Å². The molecule has 0 aromatic heterocycles. The molecule has 0 heterocycles. The van der Waals surface area contributed by atoms with Crippen LogP contribution in [0.1, 0.15) is 33.6 Å². The third-order valence-corrected chi connectivity index (χ3v) is 2.95. The van der Waals surface area contributed by atoms with E-state index in [0.29, 0.717) is 19.8 Å². The largest absolute Gasteiger partial charge is 0.382 e. The Hall–Kier alpha value is -0.850. The van der Waals surface area contributed by atoms with E-state index in [1.54, 1.807) is 14.2 Å². The molecule has 0 radical (unpaired) electrons. The topological polar surface area (TPSA) is 64.1 Å². The van der Waals surface area contributed by atoms with Gasteiger partial charge in [-0.25, -0.2) is 0 Å². The number of nitrogens with zero attached hydrogens (tertiary/aromatic N) is 1. The highest BCUT2D eigenvalue weighted by Crippen LogP contribution is 2.06. The first-order valence-electron chi connectivity index (χ1n) is 7.69. The fraction of sp³-hybridized carbons (Fsp3) is 0.933. The summed E-state index contributed by atoms with van der Waals surface area (Å²) in [5.74, 6) is 0.836. The lowest BCUT2D eigenvalue weighted by Crippen LogP contribution is -2.39. The van der Waals surface area contributed by atoms with Gasteiger partial charge in [-0.15, -0.1) is 0 Å². The number of nitrogens with one attached hydrogen (secondary N) is 2. The zero-order valence-corrected chi connectivity index (χ0v) is 14.3. The van der Waals surface area contributed by atoms with Crippen molar-refractivity contribution in [1.82, 2.24) is 10.6 Å². The summed E-state index contributed by atoms with van der Waals surface area (Å²) in [7, 11) is 3.39. The van der Waals surface area contributed by atoms with Crippen LogP contribution in [0.15, 0.2) is 4.99 Å². The smallest absolute Gasteiger partial charge is 0.191 e. The van der Waals surface area contributed by atoms with Gasteiger partial charge in [-0.3, -0.25) is 4.99 Å². The Morgan fingerprint density at radius 1 is 1.05 bits per heavy atom. The van der Waals surface area contributed by atoms with Crippen molar-refractivity contribution in [2.45, 2.75) is 39.2 Å². The van der Waals surface area contributed by atoms with Crippen LogP contribution in [0, 0.1) is 0 Å². The number of rotatable bonds is 12. The molecule has 0 aromatic carbocycles. The molecule has 0 amide bonds. The highest BCUT2D eigenvalue weighted by molar-refractivity contribution is 5.79. The highest BCUT2D eigenvalue weighted by atomic mass is 16.5. The summed E-state index contributed by atoms with van der Waals surface area (Å²) in [5, 5.41) is 6.56. The summed E-state index contributed by atoms with van der Waals surface area (Å²) < 4.78 is 15.7. The zero-order chi connectivity index (χ0) is 16.0. The van der Waals surface area contributed by atoms with E-state index >= 15 is 0 Å². The van der Waals surface area contributed by atoms with Crippen LogP contribution in [0.25, 0.3) is 0 Å². The molecule has 2 N–H and O–H groups in total. The molecule has 6 nitrogen and oxygen atoms in total. The Balaban J connectivity index is 3.81. The Labute approximate surface area is 129 Å².